The molecular formula is C11H12F3NO3S. The lowest BCUT2D eigenvalue weighted by molar-refractivity contribution is -0.188. The lowest BCUT2D eigenvalue weighted by Gasteiger charge is -2.16. The lowest BCUT2D eigenvalue weighted by Crippen LogP contribution is -2.32. The van der Waals surface area contributed by atoms with E-state index in [2.05, 4.69) is 0 Å². The third kappa shape index (κ3) is 4.23. The third-order valence-electron chi connectivity index (χ3n) is 2.32. The van der Waals surface area contributed by atoms with Gasteiger partial charge in [0.1, 0.15) is 5.75 Å². The Hall–Kier alpha value is -1.57. The molecule has 19 heavy (non-hydrogen) atoms. The average molecular weight is 295 g/mol. The first-order valence-electron chi connectivity index (χ1n) is 5.11. The summed E-state index contributed by atoms with van der Waals surface area (Å²) in [5, 5.41) is 8.57. The zero-order valence-corrected chi connectivity index (χ0v) is 10.7. The maximum absolute atomic E-state index is 12.5. The smallest absolute Gasteiger partial charge is 0.403 e. The van der Waals surface area contributed by atoms with Gasteiger partial charge < -0.3 is 15.6 Å². The van der Waals surface area contributed by atoms with E-state index in [1.54, 1.807) is 6.07 Å². The van der Waals surface area contributed by atoms with E-state index in [9.17, 15) is 18.0 Å². The normalized spacial score (nSPS) is 13.1. The van der Waals surface area contributed by atoms with Crippen molar-refractivity contribution >= 4 is 23.4 Å². The zero-order valence-electron chi connectivity index (χ0n) is 9.90. The molecule has 0 aliphatic rings. The van der Waals surface area contributed by atoms with Crippen molar-refractivity contribution in [2.45, 2.75) is 11.1 Å². The first-order chi connectivity index (χ1) is 8.75. The van der Waals surface area contributed by atoms with E-state index in [0.29, 0.717) is 10.6 Å². The summed E-state index contributed by atoms with van der Waals surface area (Å²) >= 11 is 0.734. The molecule has 8 heteroatoms. The summed E-state index contributed by atoms with van der Waals surface area (Å²) in [7, 11) is 1.41. The SMILES string of the molecule is COc1ccc(N)c(SCC(C(=O)O)C(F)(F)F)c1. The highest BCUT2D eigenvalue weighted by Gasteiger charge is 2.44. The van der Waals surface area contributed by atoms with Crippen molar-refractivity contribution in [3.05, 3.63) is 18.2 Å². The minimum Gasteiger partial charge on any atom is -0.497 e. The van der Waals surface area contributed by atoms with E-state index in [-0.39, 0.29) is 5.69 Å². The van der Waals surface area contributed by atoms with Gasteiger partial charge in [-0.1, -0.05) is 0 Å². The number of carboxylic acids is 1. The number of nitrogen functional groups attached to an aromatic ring is 1. The summed E-state index contributed by atoms with van der Waals surface area (Å²) in [5.41, 5.74) is 5.89. The number of benzene rings is 1. The molecule has 0 aromatic heterocycles. The zero-order chi connectivity index (χ0) is 14.6. The largest absolute Gasteiger partial charge is 0.497 e. The van der Waals surface area contributed by atoms with Gasteiger partial charge in [-0.2, -0.15) is 13.2 Å². The van der Waals surface area contributed by atoms with Gasteiger partial charge in [0.2, 0.25) is 0 Å². The molecule has 0 aliphatic carbocycles. The van der Waals surface area contributed by atoms with Gasteiger partial charge in [-0.3, -0.25) is 4.79 Å². The van der Waals surface area contributed by atoms with Crippen LogP contribution >= 0.6 is 11.8 Å². The fraction of sp³-hybridized carbons (Fsp3) is 0.364. The molecule has 1 atom stereocenters. The van der Waals surface area contributed by atoms with Gasteiger partial charge in [0.25, 0.3) is 0 Å². The Bertz CT molecular complexity index is 465. The second-order valence-electron chi connectivity index (χ2n) is 3.65. The Morgan fingerprint density at radius 3 is 2.63 bits per heavy atom. The third-order valence-corrected chi connectivity index (χ3v) is 3.48. The van der Waals surface area contributed by atoms with Crippen molar-refractivity contribution in [1.82, 2.24) is 0 Å². The molecule has 0 aliphatic heterocycles. The lowest BCUT2D eigenvalue weighted by atomic mass is 10.2. The number of alkyl halides is 3. The molecule has 0 fully saturated rings. The van der Waals surface area contributed by atoms with E-state index in [1.165, 1.54) is 19.2 Å². The topological polar surface area (TPSA) is 72.5 Å². The van der Waals surface area contributed by atoms with Gasteiger partial charge in [-0.05, 0) is 18.2 Å². The highest BCUT2D eigenvalue weighted by molar-refractivity contribution is 7.99. The van der Waals surface area contributed by atoms with Gasteiger partial charge in [-0.25, -0.2) is 0 Å². The van der Waals surface area contributed by atoms with Gasteiger partial charge >= 0.3 is 12.1 Å². The number of ether oxygens (including phenoxy) is 1. The number of aliphatic carboxylic acids is 1. The number of anilines is 1. The van der Waals surface area contributed by atoms with E-state index >= 15 is 0 Å². The van der Waals surface area contributed by atoms with Crippen molar-refractivity contribution < 1.29 is 27.8 Å². The predicted molar refractivity (Wildman–Crippen MR) is 65.3 cm³/mol. The van der Waals surface area contributed by atoms with E-state index in [0.717, 1.165) is 11.8 Å². The Balaban J connectivity index is 2.83. The summed E-state index contributed by atoms with van der Waals surface area (Å²) in [4.78, 5) is 10.9. The van der Waals surface area contributed by atoms with Crippen LogP contribution < -0.4 is 10.5 Å². The van der Waals surface area contributed by atoms with Gasteiger partial charge in [0, 0.05) is 16.3 Å². The van der Waals surface area contributed by atoms with Crippen LogP contribution in [0.3, 0.4) is 0 Å². The molecule has 4 nitrogen and oxygen atoms in total. The van der Waals surface area contributed by atoms with Crippen LogP contribution in [0.15, 0.2) is 23.1 Å². The highest BCUT2D eigenvalue weighted by Crippen LogP contribution is 2.35. The number of halogens is 3. The summed E-state index contributed by atoms with van der Waals surface area (Å²) in [6, 6.07) is 4.53. The number of rotatable bonds is 5. The molecule has 106 valence electrons. The highest BCUT2D eigenvalue weighted by atomic mass is 32.2. The quantitative estimate of drug-likeness (QED) is 0.645. The van der Waals surface area contributed by atoms with Crippen LogP contribution in [0.5, 0.6) is 5.75 Å². The first-order valence-corrected chi connectivity index (χ1v) is 6.10. The van der Waals surface area contributed by atoms with E-state index < -0.39 is 23.8 Å². The van der Waals surface area contributed by atoms with Crippen LogP contribution in [0, 0.1) is 5.92 Å². The molecule has 3 N–H and O–H groups in total. The second-order valence-corrected chi connectivity index (χ2v) is 4.71. The molecule has 1 unspecified atom stereocenters. The first kappa shape index (κ1) is 15.5. The van der Waals surface area contributed by atoms with Gasteiger partial charge in [0.15, 0.2) is 5.92 Å². The van der Waals surface area contributed by atoms with Crippen molar-refractivity contribution in [1.29, 1.82) is 0 Å². The van der Waals surface area contributed by atoms with Crippen molar-refractivity contribution in [3.63, 3.8) is 0 Å². The Labute approximate surface area is 111 Å². The van der Waals surface area contributed by atoms with Gasteiger partial charge in [-0.15, -0.1) is 11.8 Å². The minimum atomic E-state index is -4.79. The van der Waals surface area contributed by atoms with Crippen molar-refractivity contribution in [2.75, 3.05) is 18.6 Å². The molecule has 0 heterocycles. The van der Waals surface area contributed by atoms with E-state index in [1.807, 2.05) is 0 Å². The molecule has 0 saturated carbocycles. The van der Waals surface area contributed by atoms with Crippen molar-refractivity contribution in [2.24, 2.45) is 5.92 Å². The molecule has 1 rings (SSSR count). The van der Waals surface area contributed by atoms with Crippen LogP contribution in [0.2, 0.25) is 0 Å². The number of hydrogen-bond acceptors (Lipinski definition) is 4. The van der Waals surface area contributed by atoms with Gasteiger partial charge in [0.05, 0.1) is 7.11 Å². The Morgan fingerprint density at radius 2 is 2.16 bits per heavy atom. The second kappa shape index (κ2) is 6.05. The van der Waals surface area contributed by atoms with Crippen LogP contribution in [0.4, 0.5) is 18.9 Å². The summed E-state index contributed by atoms with van der Waals surface area (Å²) in [6.07, 6.45) is -4.79. The monoisotopic (exact) mass is 295 g/mol. The standard InChI is InChI=1S/C11H12F3NO3S/c1-18-6-2-3-8(15)9(4-6)19-5-7(10(16)17)11(12,13)14/h2-4,7H,5,15H2,1H3,(H,16,17). The Morgan fingerprint density at radius 1 is 1.53 bits per heavy atom. The molecule has 1 aromatic rings. The molecule has 0 radical (unpaired) electrons. The fourth-order valence-electron chi connectivity index (χ4n) is 1.25. The number of carboxylic acid groups (broad SMARTS) is 1. The number of hydrogen-bond donors (Lipinski definition) is 2. The van der Waals surface area contributed by atoms with E-state index in [4.69, 9.17) is 15.6 Å². The fourth-order valence-corrected chi connectivity index (χ4v) is 2.36. The number of carbonyl (C=O) groups is 1. The number of thioether (sulfide) groups is 1. The van der Waals surface area contributed by atoms with Crippen LogP contribution in [0.25, 0.3) is 0 Å². The molecule has 0 amide bonds. The van der Waals surface area contributed by atoms with Crippen LogP contribution in [0.1, 0.15) is 0 Å². The van der Waals surface area contributed by atoms with Crippen molar-refractivity contribution in [3.8, 4) is 5.75 Å². The summed E-state index contributed by atoms with van der Waals surface area (Å²) in [5.74, 6) is -4.53. The number of nitrogens with two attached hydrogens (primary N) is 1. The predicted octanol–water partition coefficient (Wildman–Crippen LogP) is 2.63. The van der Waals surface area contributed by atoms with Crippen LogP contribution in [-0.4, -0.2) is 30.1 Å². The molecule has 0 bridgehead atoms. The maximum Gasteiger partial charge on any atom is 0.403 e. The summed E-state index contributed by atoms with van der Waals surface area (Å²) in [6.45, 7) is 0. The number of methoxy groups -OCH3 is 1. The molecular weight excluding hydrogens is 283 g/mol. The van der Waals surface area contributed by atoms with Crippen LogP contribution in [-0.2, 0) is 4.79 Å². The Kier molecular flexibility index (Phi) is 4.93. The minimum absolute atomic E-state index is 0.275. The summed E-state index contributed by atoms with van der Waals surface area (Å²) < 4.78 is 42.3. The molecule has 0 saturated heterocycles. The molecule has 1 aromatic carbocycles. The average Bonchev–Trinajstić information content (AvgIpc) is 2.29. The maximum atomic E-state index is 12.5. The molecule has 0 spiro atoms.